The monoisotopic (exact) mass is 390 g/mol. The predicted octanol–water partition coefficient (Wildman–Crippen LogP) is 5.11. The Morgan fingerprint density at radius 2 is 1.85 bits per heavy atom. The van der Waals surface area contributed by atoms with Gasteiger partial charge in [-0.05, 0) is 35.7 Å². The molecule has 1 saturated heterocycles. The van der Waals surface area contributed by atoms with Gasteiger partial charge in [0.05, 0.1) is 21.7 Å². The van der Waals surface area contributed by atoms with Gasteiger partial charge in [0.15, 0.2) is 0 Å². The second-order valence-corrected chi connectivity index (χ2v) is 7.53. The van der Waals surface area contributed by atoms with Crippen molar-refractivity contribution in [3.8, 4) is 0 Å². The third-order valence-corrected chi connectivity index (χ3v) is 5.37. The summed E-state index contributed by atoms with van der Waals surface area (Å²) in [5, 5.41) is 3.60. The van der Waals surface area contributed by atoms with Crippen molar-refractivity contribution in [1.29, 1.82) is 0 Å². The molecule has 26 heavy (non-hydrogen) atoms. The summed E-state index contributed by atoms with van der Waals surface area (Å²) in [5.41, 5.74) is 2.48. The van der Waals surface area contributed by atoms with Gasteiger partial charge >= 0.3 is 0 Å². The van der Waals surface area contributed by atoms with E-state index in [0.717, 1.165) is 5.69 Å². The van der Waals surface area contributed by atoms with E-state index in [1.807, 2.05) is 24.3 Å². The van der Waals surface area contributed by atoms with Crippen LogP contribution in [0, 0.1) is 5.92 Å². The third kappa shape index (κ3) is 3.87. The second-order valence-electron chi connectivity index (χ2n) is 6.74. The van der Waals surface area contributed by atoms with Crippen molar-refractivity contribution in [2.24, 2.45) is 5.92 Å². The zero-order valence-electron chi connectivity index (χ0n) is 14.6. The molecule has 3 rings (SSSR count). The summed E-state index contributed by atoms with van der Waals surface area (Å²) in [4.78, 5) is 26.5. The van der Waals surface area contributed by atoms with Crippen LogP contribution in [0.1, 0.15) is 31.7 Å². The fourth-order valence-electron chi connectivity index (χ4n) is 3.01. The number of halogens is 2. The number of benzene rings is 2. The number of nitrogens with one attached hydrogen (secondary N) is 1. The molecule has 0 aromatic heterocycles. The lowest BCUT2D eigenvalue weighted by atomic mass is 10.0. The van der Waals surface area contributed by atoms with Crippen molar-refractivity contribution in [2.75, 3.05) is 16.8 Å². The SMILES string of the molecule is CC(C)c1ccc(NC(=O)[C@@H]2CC(=O)N(c3cccc(Cl)c3Cl)C2)cc1. The number of anilines is 2. The van der Waals surface area contributed by atoms with E-state index in [9.17, 15) is 9.59 Å². The number of carbonyl (C=O) groups excluding carboxylic acids is 2. The summed E-state index contributed by atoms with van der Waals surface area (Å²) in [6.07, 6.45) is 0.152. The number of hydrogen-bond acceptors (Lipinski definition) is 2. The van der Waals surface area contributed by atoms with E-state index < -0.39 is 5.92 Å². The molecule has 136 valence electrons. The molecule has 0 unspecified atom stereocenters. The summed E-state index contributed by atoms with van der Waals surface area (Å²) in [5.74, 6) is -0.300. The number of nitrogens with zero attached hydrogens (tertiary/aromatic N) is 1. The van der Waals surface area contributed by atoms with Crippen LogP contribution >= 0.6 is 23.2 Å². The Morgan fingerprint density at radius 3 is 2.50 bits per heavy atom. The maximum atomic E-state index is 12.6. The molecule has 2 aromatic rings. The first-order valence-electron chi connectivity index (χ1n) is 8.52. The maximum absolute atomic E-state index is 12.6. The second kappa shape index (κ2) is 7.68. The largest absolute Gasteiger partial charge is 0.326 e. The molecule has 4 nitrogen and oxygen atoms in total. The zero-order chi connectivity index (χ0) is 18.8. The van der Waals surface area contributed by atoms with Crippen LogP contribution in [0.2, 0.25) is 10.0 Å². The van der Waals surface area contributed by atoms with Gasteiger partial charge in [-0.3, -0.25) is 9.59 Å². The van der Waals surface area contributed by atoms with Crippen LogP contribution in [0.25, 0.3) is 0 Å². The van der Waals surface area contributed by atoms with Crippen LogP contribution in [-0.2, 0) is 9.59 Å². The quantitative estimate of drug-likeness (QED) is 0.788. The summed E-state index contributed by atoms with van der Waals surface area (Å²) < 4.78 is 0. The molecular weight excluding hydrogens is 371 g/mol. The Morgan fingerprint density at radius 1 is 1.15 bits per heavy atom. The molecule has 1 aliphatic rings. The van der Waals surface area contributed by atoms with Gasteiger partial charge in [-0.25, -0.2) is 0 Å². The molecule has 1 atom stereocenters. The standard InChI is InChI=1S/C20H20Cl2N2O2/c1-12(2)13-6-8-15(9-7-13)23-20(26)14-10-18(25)24(11-14)17-5-3-4-16(21)19(17)22/h3-9,12,14H,10-11H2,1-2H3,(H,23,26)/t14-/m1/s1. The normalized spacial score (nSPS) is 17.0. The van der Waals surface area contributed by atoms with Gasteiger partial charge in [0, 0.05) is 18.7 Å². The fourth-order valence-corrected chi connectivity index (χ4v) is 3.41. The summed E-state index contributed by atoms with van der Waals surface area (Å²) >= 11 is 12.2. The molecule has 0 spiro atoms. The van der Waals surface area contributed by atoms with Crippen LogP contribution < -0.4 is 10.2 Å². The minimum absolute atomic E-state index is 0.135. The average molecular weight is 391 g/mol. The Hall–Kier alpha value is -2.04. The highest BCUT2D eigenvalue weighted by atomic mass is 35.5. The van der Waals surface area contributed by atoms with Gasteiger partial charge < -0.3 is 10.2 Å². The zero-order valence-corrected chi connectivity index (χ0v) is 16.1. The summed E-state index contributed by atoms with van der Waals surface area (Å²) in [6, 6.07) is 12.9. The van der Waals surface area contributed by atoms with Crippen molar-refractivity contribution in [3.05, 3.63) is 58.1 Å². The van der Waals surface area contributed by atoms with Crippen LogP contribution in [-0.4, -0.2) is 18.4 Å². The Balaban J connectivity index is 1.70. The summed E-state index contributed by atoms with van der Waals surface area (Å²) in [7, 11) is 0. The molecular formula is C20H20Cl2N2O2. The van der Waals surface area contributed by atoms with Crippen molar-refractivity contribution < 1.29 is 9.59 Å². The lowest BCUT2D eigenvalue weighted by molar-refractivity contribution is -0.122. The van der Waals surface area contributed by atoms with Gasteiger partial charge in [-0.1, -0.05) is 55.2 Å². The van der Waals surface area contributed by atoms with Crippen LogP contribution in [0.15, 0.2) is 42.5 Å². The Kier molecular flexibility index (Phi) is 5.54. The first kappa shape index (κ1) is 18.7. The number of amides is 2. The van der Waals surface area contributed by atoms with Crippen molar-refractivity contribution in [2.45, 2.75) is 26.2 Å². The average Bonchev–Trinajstić information content (AvgIpc) is 2.99. The molecule has 2 aromatic carbocycles. The first-order valence-corrected chi connectivity index (χ1v) is 9.27. The van der Waals surface area contributed by atoms with Gasteiger partial charge in [0.25, 0.3) is 0 Å². The highest BCUT2D eigenvalue weighted by Crippen LogP contribution is 2.35. The van der Waals surface area contributed by atoms with Crippen molar-refractivity contribution in [3.63, 3.8) is 0 Å². The van der Waals surface area contributed by atoms with E-state index in [4.69, 9.17) is 23.2 Å². The highest BCUT2D eigenvalue weighted by molar-refractivity contribution is 6.44. The molecule has 0 bridgehead atoms. The van der Waals surface area contributed by atoms with Gasteiger partial charge in [0.2, 0.25) is 11.8 Å². The van der Waals surface area contributed by atoms with E-state index in [-0.39, 0.29) is 24.8 Å². The van der Waals surface area contributed by atoms with Gasteiger partial charge in [-0.2, -0.15) is 0 Å². The molecule has 2 amide bonds. The van der Waals surface area contributed by atoms with Gasteiger partial charge in [-0.15, -0.1) is 0 Å². The van der Waals surface area contributed by atoms with Crippen LogP contribution in [0.4, 0.5) is 11.4 Å². The summed E-state index contributed by atoms with van der Waals surface area (Å²) in [6.45, 7) is 4.52. The molecule has 1 heterocycles. The smallest absolute Gasteiger partial charge is 0.229 e. The van der Waals surface area contributed by atoms with Gasteiger partial charge in [0.1, 0.15) is 0 Å². The maximum Gasteiger partial charge on any atom is 0.229 e. The molecule has 0 aliphatic carbocycles. The molecule has 6 heteroatoms. The van der Waals surface area contributed by atoms with Crippen molar-refractivity contribution in [1.82, 2.24) is 0 Å². The lowest BCUT2D eigenvalue weighted by Crippen LogP contribution is -2.28. The minimum atomic E-state index is -0.428. The minimum Gasteiger partial charge on any atom is -0.326 e. The van der Waals surface area contributed by atoms with E-state index in [0.29, 0.717) is 21.7 Å². The number of carbonyl (C=O) groups is 2. The predicted molar refractivity (Wildman–Crippen MR) is 106 cm³/mol. The highest BCUT2D eigenvalue weighted by Gasteiger charge is 2.36. The number of hydrogen-bond donors (Lipinski definition) is 1. The molecule has 0 saturated carbocycles. The fraction of sp³-hybridized carbons (Fsp3) is 0.300. The van der Waals surface area contributed by atoms with E-state index >= 15 is 0 Å². The first-order chi connectivity index (χ1) is 12.4. The van der Waals surface area contributed by atoms with E-state index in [1.165, 1.54) is 10.5 Å². The Labute approximate surface area is 163 Å². The van der Waals surface area contributed by atoms with Crippen LogP contribution in [0.3, 0.4) is 0 Å². The lowest BCUT2D eigenvalue weighted by Gasteiger charge is -2.18. The molecule has 1 aliphatic heterocycles. The molecule has 1 fully saturated rings. The van der Waals surface area contributed by atoms with Crippen LogP contribution in [0.5, 0.6) is 0 Å². The van der Waals surface area contributed by atoms with E-state index in [2.05, 4.69) is 19.2 Å². The number of rotatable bonds is 4. The third-order valence-electron chi connectivity index (χ3n) is 4.56. The Bertz CT molecular complexity index is 834. The molecule has 0 radical (unpaired) electrons. The van der Waals surface area contributed by atoms with E-state index in [1.54, 1.807) is 18.2 Å². The topological polar surface area (TPSA) is 49.4 Å². The van der Waals surface area contributed by atoms with Crippen molar-refractivity contribution >= 4 is 46.4 Å². The molecule has 1 N–H and O–H groups in total.